The van der Waals surface area contributed by atoms with Crippen LogP contribution in [0.2, 0.25) is 0 Å². The summed E-state index contributed by atoms with van der Waals surface area (Å²) in [6.45, 7) is 8.14. The fraction of sp³-hybridized carbons (Fsp3) is 0.649. The molecule has 0 unspecified atom stereocenters. The smallest absolute Gasteiger partial charge is 0.407 e. The van der Waals surface area contributed by atoms with Crippen molar-refractivity contribution in [3.63, 3.8) is 0 Å². The van der Waals surface area contributed by atoms with E-state index in [0.717, 1.165) is 115 Å². The van der Waals surface area contributed by atoms with Gasteiger partial charge in [-0.3, -0.25) is 0 Å². The summed E-state index contributed by atoms with van der Waals surface area (Å²) < 4.78 is 45.3. The third kappa shape index (κ3) is 6.79. The largest absolute Gasteiger partial charge is 0.453 e. The van der Waals surface area contributed by atoms with Gasteiger partial charge in [0.1, 0.15) is 5.82 Å². The zero-order valence-corrected chi connectivity index (χ0v) is 28.6. The zero-order valence-electron chi connectivity index (χ0n) is 27.8. The Morgan fingerprint density at radius 3 is 2.34 bits per heavy atom. The van der Waals surface area contributed by atoms with E-state index < -0.39 is 9.84 Å². The molecule has 5 fully saturated rings. The lowest BCUT2D eigenvalue weighted by Gasteiger charge is -2.53. The summed E-state index contributed by atoms with van der Waals surface area (Å²) in [5.41, 5.74) is 1.95. The lowest BCUT2D eigenvalue weighted by atomic mass is 9.57. The highest BCUT2D eigenvalue weighted by atomic mass is 32.2. The first-order valence-corrected chi connectivity index (χ1v) is 19.4. The first-order valence-electron chi connectivity index (χ1n) is 17.9. The number of hydrogen-bond donors (Lipinski definition) is 1. The van der Waals surface area contributed by atoms with Gasteiger partial charge in [0.25, 0.3) is 0 Å². The molecule has 8 nitrogen and oxygen atoms in total. The molecule has 256 valence electrons. The molecule has 2 saturated carbocycles. The van der Waals surface area contributed by atoms with Crippen molar-refractivity contribution in [2.45, 2.75) is 79.4 Å². The quantitative estimate of drug-likeness (QED) is 0.341. The van der Waals surface area contributed by atoms with Crippen LogP contribution in [0, 0.1) is 23.6 Å². The SMILES string of the molecule is COC(=O)N[C@H]1CCC[C@@H]1[C@](CN1CCC1)(c1cccc(F)c1)C1CCN(C[C@@H]2CCN(c3ccc(S(=O)(=O)C4CC4)cc3)C2)CC1. The Hall–Kier alpha value is -2.69. The second-order valence-corrected chi connectivity index (χ2v) is 17.1. The second-order valence-electron chi connectivity index (χ2n) is 14.9. The monoisotopic (exact) mass is 666 g/mol. The van der Waals surface area contributed by atoms with Gasteiger partial charge in [0, 0.05) is 43.3 Å². The number of halogens is 1. The number of hydrogen-bond acceptors (Lipinski definition) is 7. The maximum absolute atomic E-state index is 15.0. The highest BCUT2D eigenvalue weighted by molar-refractivity contribution is 7.92. The Morgan fingerprint density at radius 2 is 1.68 bits per heavy atom. The van der Waals surface area contributed by atoms with E-state index in [2.05, 4.69) is 26.1 Å². The van der Waals surface area contributed by atoms with Gasteiger partial charge in [0.2, 0.25) is 0 Å². The molecule has 0 spiro atoms. The minimum atomic E-state index is -3.16. The molecule has 4 atom stereocenters. The number of nitrogens with one attached hydrogen (secondary N) is 1. The van der Waals surface area contributed by atoms with Gasteiger partial charge in [-0.2, -0.15) is 0 Å². The van der Waals surface area contributed by atoms with Crippen LogP contribution in [0.1, 0.15) is 63.4 Å². The van der Waals surface area contributed by atoms with E-state index in [4.69, 9.17) is 4.74 Å². The molecule has 1 N–H and O–H groups in total. The zero-order chi connectivity index (χ0) is 32.6. The Labute approximate surface area is 279 Å². The average molecular weight is 667 g/mol. The van der Waals surface area contributed by atoms with Gasteiger partial charge < -0.3 is 24.8 Å². The number of methoxy groups -OCH3 is 1. The molecule has 0 aromatic heterocycles. The number of ether oxygens (including phenoxy) is 1. The molecule has 2 aromatic carbocycles. The van der Waals surface area contributed by atoms with Crippen LogP contribution < -0.4 is 10.2 Å². The van der Waals surface area contributed by atoms with Crippen molar-refractivity contribution >= 4 is 21.6 Å². The average Bonchev–Trinajstić information content (AvgIpc) is 3.67. The molecule has 0 radical (unpaired) electrons. The third-order valence-corrected chi connectivity index (χ3v) is 14.4. The normalized spacial score (nSPS) is 27.4. The van der Waals surface area contributed by atoms with Crippen LogP contribution >= 0.6 is 0 Å². The maximum atomic E-state index is 15.0. The first kappa shape index (κ1) is 32.8. The number of anilines is 1. The molecule has 47 heavy (non-hydrogen) atoms. The summed E-state index contributed by atoms with van der Waals surface area (Å²) in [7, 11) is -1.73. The molecule has 2 aliphatic carbocycles. The molecular formula is C37H51FN4O4S. The van der Waals surface area contributed by atoms with Crippen molar-refractivity contribution in [2.75, 3.05) is 64.4 Å². The lowest BCUT2D eigenvalue weighted by molar-refractivity contribution is 0.0235. The predicted octanol–water partition coefficient (Wildman–Crippen LogP) is 5.47. The number of piperidine rings is 1. The van der Waals surface area contributed by atoms with Crippen molar-refractivity contribution in [1.29, 1.82) is 0 Å². The molecule has 7 rings (SSSR count). The minimum Gasteiger partial charge on any atom is -0.453 e. The third-order valence-electron chi connectivity index (χ3n) is 12.1. The number of sulfone groups is 1. The standard InChI is InChI=1S/C37H51FN4O4S/c1-46-36(43)39-35-8-3-7-34(35)37(26-41-18-4-19-41,29-5-2-6-30(38)23-29)28-16-20-40(21-17-28)24-27-15-22-42(25-27)31-9-11-32(12-10-31)47(44,45)33-13-14-33/h2,5-6,9-12,23,27-28,33-35H,3-4,7-8,13-22,24-26H2,1H3,(H,39,43)/t27-,34-,35-,37-/m0/s1. The fourth-order valence-electron chi connectivity index (χ4n) is 9.37. The van der Waals surface area contributed by atoms with Crippen LogP contribution in [0.3, 0.4) is 0 Å². The fourth-order valence-corrected chi connectivity index (χ4v) is 11.0. The highest BCUT2D eigenvalue weighted by Gasteiger charge is 2.53. The van der Waals surface area contributed by atoms with Gasteiger partial charge >= 0.3 is 6.09 Å². The summed E-state index contributed by atoms with van der Waals surface area (Å²) >= 11 is 0. The summed E-state index contributed by atoms with van der Waals surface area (Å²) in [4.78, 5) is 20.5. The molecule has 5 aliphatic rings. The maximum Gasteiger partial charge on any atom is 0.407 e. The number of nitrogens with zero attached hydrogens (tertiary/aromatic N) is 3. The molecule has 0 bridgehead atoms. The van der Waals surface area contributed by atoms with Gasteiger partial charge in [0.05, 0.1) is 17.3 Å². The van der Waals surface area contributed by atoms with Crippen LogP contribution in [-0.2, 0) is 20.0 Å². The van der Waals surface area contributed by atoms with E-state index in [1.807, 2.05) is 18.2 Å². The van der Waals surface area contributed by atoms with Gasteiger partial charge in [-0.05, 0) is 137 Å². The van der Waals surface area contributed by atoms with Gasteiger partial charge in [-0.15, -0.1) is 0 Å². The Morgan fingerprint density at radius 1 is 0.915 bits per heavy atom. The minimum absolute atomic E-state index is 0.0115. The van der Waals surface area contributed by atoms with E-state index in [9.17, 15) is 17.6 Å². The van der Waals surface area contributed by atoms with Crippen molar-refractivity contribution in [2.24, 2.45) is 17.8 Å². The Balaban J connectivity index is 1.04. The van der Waals surface area contributed by atoms with Crippen molar-refractivity contribution in [1.82, 2.24) is 15.1 Å². The van der Waals surface area contributed by atoms with Crippen molar-refractivity contribution in [3.05, 3.63) is 59.9 Å². The molecule has 1 amide bonds. The molecule has 3 saturated heterocycles. The highest BCUT2D eigenvalue weighted by Crippen LogP contribution is 2.51. The van der Waals surface area contributed by atoms with Gasteiger partial charge in [-0.1, -0.05) is 18.6 Å². The molecule has 2 aromatic rings. The number of alkyl carbamates (subject to hydrolysis) is 1. The van der Waals surface area contributed by atoms with Crippen LogP contribution in [0.5, 0.6) is 0 Å². The number of benzene rings is 2. The Kier molecular flexibility index (Phi) is 9.55. The summed E-state index contributed by atoms with van der Waals surface area (Å²) in [5, 5.41) is 3.01. The summed E-state index contributed by atoms with van der Waals surface area (Å²) in [6, 6.07) is 14.9. The number of likely N-dealkylation sites (tertiary alicyclic amines) is 2. The van der Waals surface area contributed by atoms with Crippen LogP contribution in [0.15, 0.2) is 53.4 Å². The van der Waals surface area contributed by atoms with Crippen molar-refractivity contribution in [3.8, 4) is 0 Å². The first-order chi connectivity index (χ1) is 22.8. The van der Waals surface area contributed by atoms with Crippen molar-refractivity contribution < 1.29 is 22.3 Å². The van der Waals surface area contributed by atoms with E-state index in [1.165, 1.54) is 13.5 Å². The van der Waals surface area contributed by atoms with Crippen LogP contribution in [0.25, 0.3) is 0 Å². The molecule has 10 heteroatoms. The second kappa shape index (κ2) is 13.7. The summed E-state index contributed by atoms with van der Waals surface area (Å²) in [5.74, 6) is 0.985. The van der Waals surface area contributed by atoms with Crippen LogP contribution in [0.4, 0.5) is 14.9 Å². The van der Waals surface area contributed by atoms with E-state index in [1.54, 1.807) is 24.3 Å². The topological polar surface area (TPSA) is 82.2 Å². The van der Waals surface area contributed by atoms with E-state index >= 15 is 0 Å². The molecule has 3 aliphatic heterocycles. The molecule has 3 heterocycles. The number of carbonyl (C=O) groups is 1. The lowest BCUT2D eigenvalue weighted by Crippen LogP contribution is -2.59. The summed E-state index contributed by atoms with van der Waals surface area (Å²) in [6.07, 6.45) is 8.63. The van der Waals surface area contributed by atoms with Gasteiger partial charge in [0.15, 0.2) is 9.84 Å². The molecular weight excluding hydrogens is 615 g/mol. The van der Waals surface area contributed by atoms with Crippen LogP contribution in [-0.4, -0.2) is 95.1 Å². The van der Waals surface area contributed by atoms with E-state index in [0.29, 0.717) is 16.7 Å². The number of carbonyl (C=O) groups excluding carboxylic acids is 1. The van der Waals surface area contributed by atoms with E-state index in [-0.39, 0.29) is 34.5 Å². The van der Waals surface area contributed by atoms with Gasteiger partial charge in [-0.25, -0.2) is 17.6 Å². The predicted molar refractivity (Wildman–Crippen MR) is 182 cm³/mol. The Bertz CT molecular complexity index is 1510. The number of amides is 1. The number of rotatable bonds is 11.